The van der Waals surface area contributed by atoms with Crippen LogP contribution in [-0.2, 0) is 4.79 Å². The number of aromatic nitrogens is 1. The summed E-state index contributed by atoms with van der Waals surface area (Å²) in [6.07, 6.45) is 1.31. The molecule has 1 aromatic carbocycles. The number of carboxylic acid groups (broad SMARTS) is 1. The molecule has 2 aromatic rings. The number of carbonyl (C=O) groups excluding carboxylic acids is 1. The van der Waals surface area contributed by atoms with E-state index in [1.165, 1.54) is 0 Å². The van der Waals surface area contributed by atoms with Crippen molar-refractivity contribution in [3.05, 3.63) is 30.3 Å². The Bertz CT molecular complexity index is 778. The van der Waals surface area contributed by atoms with Gasteiger partial charge in [-0.3, -0.25) is 4.79 Å². The maximum atomic E-state index is 12.4. The minimum atomic E-state index is -0.849. The first-order valence-electron chi connectivity index (χ1n) is 7.80. The Morgan fingerprint density at radius 2 is 2.17 bits per heavy atom. The van der Waals surface area contributed by atoms with Crippen LogP contribution >= 0.6 is 0 Å². The van der Waals surface area contributed by atoms with Gasteiger partial charge in [-0.1, -0.05) is 0 Å². The fraction of sp³-hybridized carbons (Fsp3) is 0.353. The van der Waals surface area contributed by atoms with E-state index in [0.29, 0.717) is 31.0 Å². The Kier molecular flexibility index (Phi) is 4.50. The summed E-state index contributed by atoms with van der Waals surface area (Å²) >= 11 is 0. The number of nitrogens with zero attached hydrogens (tertiary/aromatic N) is 2. The number of hydrogen-bond donors (Lipinski definition) is 2. The number of nitrogens with one attached hydrogen (secondary N) is 1. The molecule has 7 nitrogen and oxygen atoms in total. The fourth-order valence-electron chi connectivity index (χ4n) is 2.86. The second-order valence-corrected chi connectivity index (χ2v) is 5.81. The highest BCUT2D eigenvalue weighted by Gasteiger charge is 2.28. The summed E-state index contributed by atoms with van der Waals surface area (Å²) in [5.41, 5.74) is 1.42. The number of benzene rings is 1. The van der Waals surface area contributed by atoms with Crippen molar-refractivity contribution in [1.82, 2.24) is 9.88 Å². The lowest BCUT2D eigenvalue weighted by atomic mass is 9.99. The fourth-order valence-corrected chi connectivity index (χ4v) is 2.86. The monoisotopic (exact) mass is 329 g/mol. The zero-order valence-electron chi connectivity index (χ0n) is 13.4. The van der Waals surface area contributed by atoms with E-state index in [9.17, 15) is 9.59 Å². The molecule has 1 unspecified atom stereocenters. The van der Waals surface area contributed by atoms with Crippen molar-refractivity contribution in [3.63, 3.8) is 0 Å². The van der Waals surface area contributed by atoms with Crippen molar-refractivity contribution in [3.8, 4) is 5.88 Å². The van der Waals surface area contributed by atoms with Crippen molar-refractivity contribution in [2.24, 2.45) is 5.92 Å². The normalized spacial score (nSPS) is 17.5. The summed E-state index contributed by atoms with van der Waals surface area (Å²) in [4.78, 5) is 29.3. The standard InChI is InChI=1S/C17H19N3O4/c1-24-15-7-4-11-9-13(5-6-14(11)19-15)18-17(23)20-8-2-3-12(10-20)16(21)22/h4-7,9,12H,2-3,8,10H2,1H3,(H,18,23)(H,21,22). The molecule has 0 radical (unpaired) electrons. The molecule has 0 spiro atoms. The molecule has 0 saturated carbocycles. The number of fused-ring (bicyclic) bond motifs is 1. The lowest BCUT2D eigenvalue weighted by Gasteiger charge is -2.30. The minimum Gasteiger partial charge on any atom is -0.481 e. The Morgan fingerprint density at radius 3 is 2.92 bits per heavy atom. The summed E-state index contributed by atoms with van der Waals surface area (Å²) < 4.78 is 5.09. The molecule has 24 heavy (non-hydrogen) atoms. The number of piperidine rings is 1. The van der Waals surface area contributed by atoms with E-state index in [1.54, 1.807) is 24.1 Å². The van der Waals surface area contributed by atoms with E-state index in [2.05, 4.69) is 10.3 Å². The van der Waals surface area contributed by atoms with Gasteiger partial charge in [0.2, 0.25) is 5.88 Å². The van der Waals surface area contributed by atoms with Crippen LogP contribution in [0.25, 0.3) is 10.9 Å². The highest BCUT2D eigenvalue weighted by atomic mass is 16.5. The number of rotatable bonds is 3. The first-order chi connectivity index (χ1) is 11.6. The summed E-state index contributed by atoms with van der Waals surface area (Å²) in [6, 6.07) is 8.77. The van der Waals surface area contributed by atoms with Gasteiger partial charge in [-0.15, -0.1) is 0 Å². The van der Waals surface area contributed by atoms with Crippen LogP contribution in [-0.4, -0.2) is 47.2 Å². The van der Waals surface area contributed by atoms with Gasteiger partial charge in [0, 0.05) is 30.2 Å². The van der Waals surface area contributed by atoms with Crippen molar-refractivity contribution >= 4 is 28.6 Å². The smallest absolute Gasteiger partial charge is 0.321 e. The van der Waals surface area contributed by atoms with E-state index in [0.717, 1.165) is 10.9 Å². The maximum Gasteiger partial charge on any atom is 0.321 e. The van der Waals surface area contributed by atoms with Crippen LogP contribution in [0.3, 0.4) is 0 Å². The summed E-state index contributed by atoms with van der Waals surface area (Å²) in [5.74, 6) is -0.802. The maximum absolute atomic E-state index is 12.4. The van der Waals surface area contributed by atoms with Crippen LogP contribution < -0.4 is 10.1 Å². The Morgan fingerprint density at radius 1 is 1.33 bits per heavy atom. The lowest BCUT2D eigenvalue weighted by molar-refractivity contribution is -0.143. The molecule has 1 fully saturated rings. The molecule has 2 amide bonds. The molecule has 0 aliphatic carbocycles. The number of pyridine rings is 1. The number of amides is 2. The molecular weight excluding hydrogens is 310 g/mol. The van der Waals surface area contributed by atoms with Gasteiger partial charge in [-0.05, 0) is 37.1 Å². The van der Waals surface area contributed by atoms with Gasteiger partial charge in [0.15, 0.2) is 0 Å². The number of hydrogen-bond acceptors (Lipinski definition) is 4. The molecule has 1 aliphatic heterocycles. The number of ether oxygens (including phenoxy) is 1. The average Bonchev–Trinajstić information content (AvgIpc) is 2.61. The van der Waals surface area contributed by atoms with Crippen LogP contribution in [0, 0.1) is 5.92 Å². The molecule has 0 bridgehead atoms. The zero-order chi connectivity index (χ0) is 17.1. The number of urea groups is 1. The zero-order valence-corrected chi connectivity index (χ0v) is 13.4. The molecular formula is C17H19N3O4. The highest BCUT2D eigenvalue weighted by molar-refractivity contribution is 5.93. The molecule has 1 saturated heterocycles. The van der Waals surface area contributed by atoms with Gasteiger partial charge in [0.25, 0.3) is 0 Å². The second-order valence-electron chi connectivity index (χ2n) is 5.81. The van der Waals surface area contributed by atoms with Crippen LogP contribution in [0.2, 0.25) is 0 Å². The van der Waals surface area contributed by atoms with Gasteiger partial charge in [0.05, 0.1) is 18.5 Å². The summed E-state index contributed by atoms with van der Waals surface area (Å²) in [5, 5.41) is 12.8. The molecule has 2 heterocycles. The molecule has 2 N–H and O–H groups in total. The van der Waals surface area contributed by atoms with Crippen molar-refractivity contribution in [2.45, 2.75) is 12.8 Å². The van der Waals surface area contributed by atoms with Crippen molar-refractivity contribution in [2.75, 3.05) is 25.5 Å². The summed E-state index contributed by atoms with van der Waals surface area (Å²) in [7, 11) is 1.56. The topological polar surface area (TPSA) is 91.8 Å². The number of anilines is 1. The van der Waals surface area contributed by atoms with Crippen LogP contribution in [0.5, 0.6) is 5.88 Å². The third kappa shape index (κ3) is 3.40. The van der Waals surface area contributed by atoms with Gasteiger partial charge in [-0.25, -0.2) is 9.78 Å². The first-order valence-corrected chi connectivity index (χ1v) is 7.80. The molecule has 3 rings (SSSR count). The Labute approximate surface area is 139 Å². The van der Waals surface area contributed by atoms with Crippen molar-refractivity contribution < 1.29 is 19.4 Å². The average molecular weight is 329 g/mol. The number of likely N-dealkylation sites (tertiary alicyclic amines) is 1. The number of carbonyl (C=O) groups is 2. The van der Waals surface area contributed by atoms with E-state index in [-0.39, 0.29) is 12.6 Å². The number of methoxy groups -OCH3 is 1. The highest BCUT2D eigenvalue weighted by Crippen LogP contribution is 2.22. The predicted octanol–water partition coefficient (Wildman–Crippen LogP) is 2.57. The van der Waals surface area contributed by atoms with Gasteiger partial charge in [-0.2, -0.15) is 0 Å². The molecule has 1 aromatic heterocycles. The largest absolute Gasteiger partial charge is 0.481 e. The van der Waals surface area contributed by atoms with E-state index in [4.69, 9.17) is 9.84 Å². The Balaban J connectivity index is 1.72. The van der Waals surface area contributed by atoms with Gasteiger partial charge in [0.1, 0.15) is 0 Å². The first kappa shape index (κ1) is 16.0. The van der Waals surface area contributed by atoms with E-state index < -0.39 is 11.9 Å². The predicted molar refractivity (Wildman–Crippen MR) is 89.2 cm³/mol. The van der Waals surface area contributed by atoms with Crippen LogP contribution in [0.1, 0.15) is 12.8 Å². The van der Waals surface area contributed by atoms with Crippen LogP contribution in [0.4, 0.5) is 10.5 Å². The van der Waals surface area contributed by atoms with E-state index >= 15 is 0 Å². The molecule has 1 atom stereocenters. The summed E-state index contributed by atoms with van der Waals surface area (Å²) in [6.45, 7) is 0.815. The van der Waals surface area contributed by atoms with Crippen LogP contribution in [0.15, 0.2) is 30.3 Å². The SMILES string of the molecule is COc1ccc2cc(NC(=O)N3CCCC(C(=O)O)C3)ccc2n1. The van der Waals surface area contributed by atoms with Gasteiger partial charge < -0.3 is 20.1 Å². The van der Waals surface area contributed by atoms with Gasteiger partial charge >= 0.3 is 12.0 Å². The molecule has 1 aliphatic rings. The Hall–Kier alpha value is -2.83. The third-order valence-electron chi connectivity index (χ3n) is 4.18. The third-order valence-corrected chi connectivity index (χ3v) is 4.18. The number of aliphatic carboxylic acids is 1. The lowest BCUT2D eigenvalue weighted by Crippen LogP contribution is -2.44. The quantitative estimate of drug-likeness (QED) is 0.903. The molecule has 126 valence electrons. The number of carboxylic acids is 1. The minimum absolute atomic E-state index is 0.244. The molecule has 7 heteroatoms. The van der Waals surface area contributed by atoms with E-state index in [1.807, 2.05) is 18.2 Å². The van der Waals surface area contributed by atoms with Crippen molar-refractivity contribution in [1.29, 1.82) is 0 Å². The second kappa shape index (κ2) is 6.74.